The van der Waals surface area contributed by atoms with Crippen LogP contribution in [0.5, 0.6) is 0 Å². The molecule has 1 aromatic carbocycles. The summed E-state index contributed by atoms with van der Waals surface area (Å²) in [6.07, 6.45) is 1.75. The van der Waals surface area contributed by atoms with Crippen molar-refractivity contribution in [1.82, 2.24) is 9.78 Å². The number of nitriles is 1. The van der Waals surface area contributed by atoms with Crippen molar-refractivity contribution in [2.45, 2.75) is 20.4 Å². The first kappa shape index (κ1) is 16.4. The molecule has 0 aliphatic rings. The molecule has 0 aliphatic heterocycles. The molecule has 6 heteroatoms. The van der Waals surface area contributed by atoms with Crippen LogP contribution in [0.3, 0.4) is 0 Å². The molecule has 2 aromatic rings. The monoisotopic (exact) mass is 290 g/mol. The Morgan fingerprint density at radius 1 is 1.48 bits per heavy atom. The molecule has 2 N–H and O–H groups in total. The molecular weight excluding hydrogens is 274 g/mol. The highest BCUT2D eigenvalue weighted by atomic mass is 19.2. The van der Waals surface area contributed by atoms with Gasteiger partial charge in [0.2, 0.25) is 0 Å². The Labute approximate surface area is 122 Å². The Balaban J connectivity index is 0.000000677. The van der Waals surface area contributed by atoms with Crippen molar-refractivity contribution < 1.29 is 8.78 Å². The number of aromatic nitrogens is 2. The second kappa shape index (κ2) is 7.20. The summed E-state index contributed by atoms with van der Waals surface area (Å²) < 4.78 is 27.8. The molecule has 1 heterocycles. The van der Waals surface area contributed by atoms with Crippen molar-refractivity contribution in [3.8, 4) is 6.07 Å². The molecule has 0 radical (unpaired) electrons. The van der Waals surface area contributed by atoms with E-state index in [2.05, 4.69) is 11.7 Å². The highest BCUT2D eigenvalue weighted by Gasteiger charge is 2.14. The van der Waals surface area contributed by atoms with Crippen LogP contribution in [-0.4, -0.2) is 9.78 Å². The van der Waals surface area contributed by atoms with Gasteiger partial charge in [-0.25, -0.2) is 13.5 Å². The van der Waals surface area contributed by atoms with Crippen LogP contribution in [0.15, 0.2) is 30.9 Å². The van der Waals surface area contributed by atoms with Gasteiger partial charge in [-0.1, -0.05) is 18.2 Å². The maximum absolute atomic E-state index is 13.5. The SMILES string of the molecule is C=CC.Cc1c(C#N)nn(Cc2cccc(F)c2F)c1N. The minimum Gasteiger partial charge on any atom is -0.384 e. The summed E-state index contributed by atoms with van der Waals surface area (Å²) in [6.45, 7) is 6.89. The summed E-state index contributed by atoms with van der Waals surface area (Å²) in [5.41, 5.74) is 6.60. The molecule has 0 atom stereocenters. The number of nitrogens with zero attached hydrogens (tertiary/aromatic N) is 3. The average molecular weight is 290 g/mol. The smallest absolute Gasteiger partial charge is 0.167 e. The summed E-state index contributed by atoms with van der Waals surface area (Å²) in [7, 11) is 0. The third kappa shape index (κ3) is 3.66. The zero-order valence-corrected chi connectivity index (χ0v) is 11.9. The van der Waals surface area contributed by atoms with Gasteiger partial charge in [0.05, 0.1) is 6.54 Å². The largest absolute Gasteiger partial charge is 0.384 e. The highest BCUT2D eigenvalue weighted by molar-refractivity contribution is 5.47. The maximum Gasteiger partial charge on any atom is 0.167 e. The first-order chi connectivity index (χ1) is 9.96. The number of rotatable bonds is 2. The second-order valence-electron chi connectivity index (χ2n) is 4.25. The lowest BCUT2D eigenvalue weighted by Crippen LogP contribution is -2.08. The van der Waals surface area contributed by atoms with Crippen molar-refractivity contribution >= 4 is 5.82 Å². The number of allylic oxidation sites excluding steroid dienone is 1. The fraction of sp³-hybridized carbons (Fsp3) is 0.200. The van der Waals surface area contributed by atoms with Crippen LogP contribution in [0, 0.1) is 29.9 Å². The van der Waals surface area contributed by atoms with E-state index in [0.717, 1.165) is 6.07 Å². The summed E-state index contributed by atoms with van der Waals surface area (Å²) in [4.78, 5) is 0. The van der Waals surface area contributed by atoms with Gasteiger partial charge in [-0.3, -0.25) is 0 Å². The van der Waals surface area contributed by atoms with E-state index in [1.165, 1.54) is 16.8 Å². The maximum atomic E-state index is 13.5. The van der Waals surface area contributed by atoms with Crippen LogP contribution < -0.4 is 5.73 Å². The molecule has 21 heavy (non-hydrogen) atoms. The first-order valence-corrected chi connectivity index (χ1v) is 6.19. The Hall–Kier alpha value is -2.68. The van der Waals surface area contributed by atoms with Crippen molar-refractivity contribution in [2.24, 2.45) is 0 Å². The zero-order chi connectivity index (χ0) is 16.0. The van der Waals surface area contributed by atoms with Gasteiger partial charge in [0.15, 0.2) is 17.3 Å². The summed E-state index contributed by atoms with van der Waals surface area (Å²) in [5, 5.41) is 12.7. The van der Waals surface area contributed by atoms with Gasteiger partial charge >= 0.3 is 0 Å². The number of hydrogen-bond acceptors (Lipinski definition) is 3. The van der Waals surface area contributed by atoms with Crippen molar-refractivity contribution in [2.75, 3.05) is 5.73 Å². The predicted molar refractivity (Wildman–Crippen MR) is 77.4 cm³/mol. The fourth-order valence-electron chi connectivity index (χ4n) is 1.62. The number of nitrogens with two attached hydrogens (primary N) is 1. The summed E-state index contributed by atoms with van der Waals surface area (Å²) >= 11 is 0. The van der Waals surface area contributed by atoms with Crippen LogP contribution in [0.1, 0.15) is 23.7 Å². The van der Waals surface area contributed by atoms with E-state index in [-0.39, 0.29) is 23.6 Å². The lowest BCUT2D eigenvalue weighted by atomic mass is 10.2. The van der Waals surface area contributed by atoms with E-state index >= 15 is 0 Å². The number of halogens is 2. The van der Waals surface area contributed by atoms with Gasteiger partial charge in [0, 0.05) is 11.1 Å². The van der Waals surface area contributed by atoms with Gasteiger partial charge in [-0.05, 0) is 19.9 Å². The van der Waals surface area contributed by atoms with E-state index < -0.39 is 11.6 Å². The number of nitrogen functional groups attached to an aromatic ring is 1. The molecule has 0 saturated carbocycles. The van der Waals surface area contributed by atoms with E-state index in [0.29, 0.717) is 5.56 Å². The third-order valence-electron chi connectivity index (χ3n) is 2.70. The Kier molecular flexibility index (Phi) is 5.61. The highest BCUT2D eigenvalue weighted by Crippen LogP contribution is 2.18. The van der Waals surface area contributed by atoms with Crippen molar-refractivity contribution in [3.05, 3.63) is 59.3 Å². The Bertz CT molecular complexity index is 684. The quantitative estimate of drug-likeness (QED) is 0.864. The predicted octanol–water partition coefficient (Wildman–Crippen LogP) is 3.16. The summed E-state index contributed by atoms with van der Waals surface area (Å²) in [6, 6.07) is 5.78. The van der Waals surface area contributed by atoms with Gasteiger partial charge in [-0.15, -0.1) is 6.58 Å². The van der Waals surface area contributed by atoms with Crippen molar-refractivity contribution in [3.63, 3.8) is 0 Å². The van der Waals surface area contributed by atoms with Crippen molar-refractivity contribution in [1.29, 1.82) is 5.26 Å². The molecule has 4 nitrogen and oxygen atoms in total. The molecule has 2 rings (SSSR count). The number of hydrogen-bond donors (Lipinski definition) is 1. The Morgan fingerprint density at radius 2 is 2.10 bits per heavy atom. The van der Waals surface area contributed by atoms with Crippen LogP contribution in [0.2, 0.25) is 0 Å². The standard InChI is InChI=1S/C12H10F2N4.C3H6/c1-7-10(5-15)17-18(12(7)16)6-8-3-2-4-9(13)11(8)14;1-3-2/h2-4H,6,16H2,1H3;3H,1H2,2H3. The average Bonchev–Trinajstić information content (AvgIpc) is 2.72. The number of benzene rings is 1. The van der Waals surface area contributed by atoms with Gasteiger partial charge in [0.25, 0.3) is 0 Å². The molecule has 0 amide bonds. The Morgan fingerprint density at radius 3 is 2.62 bits per heavy atom. The molecule has 1 aromatic heterocycles. The molecule has 0 aliphatic carbocycles. The number of anilines is 1. The van der Waals surface area contributed by atoms with Crippen LogP contribution >= 0.6 is 0 Å². The lowest BCUT2D eigenvalue weighted by Gasteiger charge is -2.06. The molecule has 0 saturated heterocycles. The minimum absolute atomic E-state index is 0.0159. The topological polar surface area (TPSA) is 67.6 Å². The normalized spacial score (nSPS) is 9.48. The second-order valence-corrected chi connectivity index (χ2v) is 4.25. The molecule has 110 valence electrons. The summed E-state index contributed by atoms with van der Waals surface area (Å²) in [5.74, 6) is -1.57. The first-order valence-electron chi connectivity index (χ1n) is 6.19. The minimum atomic E-state index is -0.927. The van der Waals surface area contributed by atoms with Crippen LogP contribution in [0.4, 0.5) is 14.6 Å². The van der Waals surface area contributed by atoms with Crippen LogP contribution in [-0.2, 0) is 6.54 Å². The van der Waals surface area contributed by atoms with Gasteiger partial charge in [0.1, 0.15) is 11.9 Å². The molecular formula is C15H16F2N4. The molecule has 0 spiro atoms. The van der Waals surface area contributed by atoms with Crippen LogP contribution in [0.25, 0.3) is 0 Å². The zero-order valence-electron chi connectivity index (χ0n) is 11.9. The van der Waals surface area contributed by atoms with E-state index in [9.17, 15) is 8.78 Å². The van der Waals surface area contributed by atoms with Gasteiger partial charge < -0.3 is 5.73 Å². The van der Waals surface area contributed by atoms with Gasteiger partial charge in [-0.2, -0.15) is 10.4 Å². The molecule has 0 unspecified atom stereocenters. The molecule has 0 bridgehead atoms. The van der Waals surface area contributed by atoms with E-state index in [1.54, 1.807) is 13.0 Å². The molecule has 0 fully saturated rings. The lowest BCUT2D eigenvalue weighted by molar-refractivity contribution is 0.492. The van der Waals surface area contributed by atoms with E-state index in [1.807, 2.05) is 13.0 Å². The fourth-order valence-corrected chi connectivity index (χ4v) is 1.62. The van der Waals surface area contributed by atoms with E-state index in [4.69, 9.17) is 11.0 Å². The third-order valence-corrected chi connectivity index (χ3v) is 2.70.